The van der Waals surface area contributed by atoms with Crippen LogP contribution in [0.15, 0.2) is 33.8 Å². The maximum absolute atomic E-state index is 12.2. The molecule has 1 N–H and O–H groups in total. The standard InChI is InChI=1S/C13H14BrN3O3S2/c1-8-7-15-13(21-8)16-12(18)9-4-5-10(14)11(6-9)22(19,20)17(2)3/h4-7H,1-3H3,(H,15,16,18). The summed E-state index contributed by atoms with van der Waals surface area (Å²) in [5, 5.41) is 3.13. The lowest BCUT2D eigenvalue weighted by molar-refractivity contribution is 0.102. The number of amides is 1. The van der Waals surface area contributed by atoms with Gasteiger partial charge in [0.15, 0.2) is 5.13 Å². The second kappa shape index (κ2) is 6.45. The van der Waals surface area contributed by atoms with Gasteiger partial charge in [-0.15, -0.1) is 11.3 Å². The molecule has 6 nitrogen and oxygen atoms in total. The van der Waals surface area contributed by atoms with E-state index in [-0.39, 0.29) is 10.5 Å². The van der Waals surface area contributed by atoms with Gasteiger partial charge in [-0.3, -0.25) is 10.1 Å². The lowest BCUT2D eigenvalue weighted by atomic mass is 10.2. The Hall–Kier alpha value is -1.29. The van der Waals surface area contributed by atoms with Gasteiger partial charge in [0.05, 0.1) is 4.90 Å². The van der Waals surface area contributed by atoms with Gasteiger partial charge in [0, 0.05) is 35.2 Å². The van der Waals surface area contributed by atoms with Gasteiger partial charge in [-0.25, -0.2) is 17.7 Å². The number of benzene rings is 1. The summed E-state index contributed by atoms with van der Waals surface area (Å²) in [5.74, 6) is -0.406. The molecule has 0 unspecified atom stereocenters. The Balaban J connectivity index is 2.35. The van der Waals surface area contributed by atoms with Gasteiger partial charge in [0.2, 0.25) is 10.0 Å². The molecule has 0 fully saturated rings. The van der Waals surface area contributed by atoms with Gasteiger partial charge in [0.25, 0.3) is 5.91 Å². The zero-order valence-electron chi connectivity index (χ0n) is 12.1. The Bertz CT molecular complexity index is 816. The number of aromatic nitrogens is 1. The minimum absolute atomic E-state index is 0.0421. The molecule has 118 valence electrons. The average molecular weight is 404 g/mol. The number of carbonyl (C=O) groups is 1. The van der Waals surface area contributed by atoms with Gasteiger partial charge in [-0.1, -0.05) is 0 Å². The zero-order chi connectivity index (χ0) is 16.5. The molecule has 0 aliphatic heterocycles. The van der Waals surface area contributed by atoms with Crippen LogP contribution in [-0.4, -0.2) is 37.7 Å². The van der Waals surface area contributed by atoms with Crippen LogP contribution in [0.3, 0.4) is 0 Å². The van der Waals surface area contributed by atoms with E-state index in [2.05, 4.69) is 26.2 Å². The van der Waals surface area contributed by atoms with Gasteiger partial charge in [0.1, 0.15) is 0 Å². The Labute approximate surface area is 141 Å². The third-order valence-corrected chi connectivity index (χ3v) is 6.43. The summed E-state index contributed by atoms with van der Waals surface area (Å²) in [4.78, 5) is 17.3. The first-order valence-electron chi connectivity index (χ1n) is 6.17. The summed E-state index contributed by atoms with van der Waals surface area (Å²) < 4.78 is 26.0. The van der Waals surface area contributed by atoms with E-state index in [0.29, 0.717) is 9.60 Å². The summed E-state index contributed by atoms with van der Waals surface area (Å²) in [7, 11) is -0.764. The van der Waals surface area contributed by atoms with Crippen molar-refractivity contribution >= 4 is 48.3 Å². The highest BCUT2D eigenvalue weighted by atomic mass is 79.9. The molecule has 1 amide bonds. The normalized spacial score (nSPS) is 11.7. The lowest BCUT2D eigenvalue weighted by Gasteiger charge is -2.13. The molecule has 0 saturated carbocycles. The van der Waals surface area contributed by atoms with Crippen LogP contribution in [0, 0.1) is 6.92 Å². The maximum atomic E-state index is 12.2. The molecule has 1 aromatic heterocycles. The molecule has 2 aromatic rings. The number of sulfonamides is 1. The molecular formula is C13H14BrN3O3S2. The van der Waals surface area contributed by atoms with Crippen molar-refractivity contribution in [2.24, 2.45) is 0 Å². The van der Waals surface area contributed by atoms with Gasteiger partial charge in [-0.05, 0) is 41.1 Å². The topological polar surface area (TPSA) is 79.4 Å². The number of anilines is 1. The van der Waals surface area contributed by atoms with E-state index in [1.807, 2.05) is 6.92 Å². The SMILES string of the molecule is Cc1cnc(NC(=O)c2ccc(Br)c(S(=O)(=O)N(C)C)c2)s1. The van der Waals surface area contributed by atoms with Crippen molar-refractivity contribution in [1.82, 2.24) is 9.29 Å². The molecule has 0 atom stereocenters. The van der Waals surface area contributed by atoms with Crippen LogP contribution in [0.25, 0.3) is 0 Å². The molecule has 1 aromatic carbocycles. The highest BCUT2D eigenvalue weighted by molar-refractivity contribution is 9.10. The Morgan fingerprint density at radius 2 is 2.05 bits per heavy atom. The lowest BCUT2D eigenvalue weighted by Crippen LogP contribution is -2.23. The summed E-state index contributed by atoms with van der Waals surface area (Å²) in [6.07, 6.45) is 1.66. The van der Waals surface area contributed by atoms with E-state index in [9.17, 15) is 13.2 Å². The number of hydrogen-bond acceptors (Lipinski definition) is 5. The summed E-state index contributed by atoms with van der Waals surface area (Å²) >= 11 is 4.56. The van der Waals surface area contributed by atoms with Crippen LogP contribution in [0.5, 0.6) is 0 Å². The number of aryl methyl sites for hydroxylation is 1. The number of thiazole rings is 1. The molecule has 0 bridgehead atoms. The molecule has 0 saturated heterocycles. The highest BCUT2D eigenvalue weighted by Crippen LogP contribution is 2.26. The molecule has 9 heteroatoms. The number of hydrogen-bond donors (Lipinski definition) is 1. The van der Waals surface area contributed by atoms with Crippen molar-refractivity contribution in [1.29, 1.82) is 0 Å². The van der Waals surface area contributed by atoms with Crippen LogP contribution >= 0.6 is 27.3 Å². The molecule has 0 aliphatic rings. The molecule has 0 radical (unpaired) electrons. The Morgan fingerprint density at radius 3 is 2.59 bits per heavy atom. The summed E-state index contributed by atoms with van der Waals surface area (Å²) in [6, 6.07) is 4.43. The second-order valence-corrected chi connectivity index (χ2v) is 8.87. The Morgan fingerprint density at radius 1 is 1.36 bits per heavy atom. The third-order valence-electron chi connectivity index (χ3n) is 2.79. The zero-order valence-corrected chi connectivity index (χ0v) is 15.3. The number of carbonyl (C=O) groups excluding carboxylic acids is 1. The van der Waals surface area contributed by atoms with Crippen molar-refractivity contribution in [3.63, 3.8) is 0 Å². The predicted molar refractivity (Wildman–Crippen MR) is 89.8 cm³/mol. The van der Waals surface area contributed by atoms with Crippen LogP contribution in [0.1, 0.15) is 15.2 Å². The summed E-state index contributed by atoms with van der Waals surface area (Å²) in [5.41, 5.74) is 0.247. The van der Waals surface area contributed by atoms with Crippen molar-refractivity contribution in [2.75, 3.05) is 19.4 Å². The number of nitrogens with zero attached hydrogens (tertiary/aromatic N) is 2. The van der Waals surface area contributed by atoms with Crippen LogP contribution in [-0.2, 0) is 10.0 Å². The van der Waals surface area contributed by atoms with E-state index < -0.39 is 15.9 Å². The van der Waals surface area contributed by atoms with Crippen LogP contribution in [0.4, 0.5) is 5.13 Å². The largest absolute Gasteiger partial charge is 0.298 e. The number of nitrogens with one attached hydrogen (secondary N) is 1. The van der Waals surface area contributed by atoms with E-state index >= 15 is 0 Å². The first-order chi connectivity index (χ1) is 10.2. The average Bonchev–Trinajstić information content (AvgIpc) is 2.84. The van der Waals surface area contributed by atoms with Crippen molar-refractivity contribution in [3.05, 3.63) is 39.3 Å². The molecule has 0 aliphatic carbocycles. The summed E-state index contributed by atoms with van der Waals surface area (Å²) in [6.45, 7) is 1.88. The highest BCUT2D eigenvalue weighted by Gasteiger charge is 2.22. The van der Waals surface area contributed by atoms with Crippen molar-refractivity contribution in [2.45, 2.75) is 11.8 Å². The van der Waals surface area contributed by atoms with E-state index in [1.54, 1.807) is 18.3 Å². The van der Waals surface area contributed by atoms with Gasteiger partial charge < -0.3 is 0 Å². The monoisotopic (exact) mass is 403 g/mol. The molecule has 1 heterocycles. The predicted octanol–water partition coefficient (Wildman–Crippen LogP) is 2.72. The third kappa shape index (κ3) is 3.54. The first-order valence-corrected chi connectivity index (χ1v) is 9.22. The Kier molecular flexibility index (Phi) is 5.00. The molecule has 0 spiro atoms. The minimum Gasteiger partial charge on any atom is -0.298 e. The van der Waals surface area contributed by atoms with Crippen molar-refractivity contribution in [3.8, 4) is 0 Å². The van der Waals surface area contributed by atoms with Gasteiger partial charge >= 0.3 is 0 Å². The van der Waals surface area contributed by atoms with E-state index in [4.69, 9.17) is 0 Å². The smallest absolute Gasteiger partial charge is 0.257 e. The quantitative estimate of drug-likeness (QED) is 0.850. The van der Waals surface area contributed by atoms with E-state index in [0.717, 1.165) is 9.18 Å². The van der Waals surface area contributed by atoms with Crippen LogP contribution in [0.2, 0.25) is 0 Å². The molecular weight excluding hydrogens is 390 g/mol. The minimum atomic E-state index is -3.64. The number of rotatable bonds is 4. The van der Waals surface area contributed by atoms with E-state index in [1.165, 1.54) is 31.5 Å². The fraction of sp³-hybridized carbons (Fsp3) is 0.231. The fourth-order valence-electron chi connectivity index (χ4n) is 1.62. The van der Waals surface area contributed by atoms with Gasteiger partial charge in [-0.2, -0.15) is 0 Å². The van der Waals surface area contributed by atoms with Crippen LogP contribution < -0.4 is 5.32 Å². The molecule has 22 heavy (non-hydrogen) atoms. The molecule has 2 rings (SSSR count). The second-order valence-electron chi connectivity index (χ2n) is 4.66. The maximum Gasteiger partial charge on any atom is 0.257 e. The first kappa shape index (κ1) is 17.1. The number of halogens is 1. The van der Waals surface area contributed by atoms with Crippen molar-refractivity contribution < 1.29 is 13.2 Å². The fourth-order valence-corrected chi connectivity index (χ4v) is 4.12.